The SMILES string of the molecule is CCOC(=O)c1c(OC)c(CCC(C)C)c2ccccc2c1OC.COc1c(C(=O)O)c(OC)c2ccccc2c1CCC(C)C.[Na+].[OH-]. The Morgan fingerprint density at radius 3 is 1.31 bits per heavy atom. The zero-order valence-corrected chi connectivity index (χ0v) is 32.1. The molecule has 0 fully saturated rings. The van der Waals surface area contributed by atoms with E-state index >= 15 is 0 Å². The number of benzene rings is 4. The minimum atomic E-state index is -1.04. The second-order valence-corrected chi connectivity index (χ2v) is 11.8. The molecule has 0 aliphatic rings. The fraction of sp³-hybridized carbons (Fsp3) is 0.421. The Balaban J connectivity index is 0.000000462. The summed E-state index contributed by atoms with van der Waals surface area (Å²) in [6.45, 7) is 10.8. The van der Waals surface area contributed by atoms with Crippen LogP contribution in [0.15, 0.2) is 48.5 Å². The third-order valence-electron chi connectivity index (χ3n) is 7.90. The molecule has 0 aliphatic carbocycles. The van der Waals surface area contributed by atoms with Crippen molar-refractivity contribution in [2.24, 2.45) is 11.8 Å². The molecule has 10 heteroatoms. The van der Waals surface area contributed by atoms with Crippen LogP contribution in [0.5, 0.6) is 23.0 Å². The molecule has 0 unspecified atom stereocenters. The van der Waals surface area contributed by atoms with Gasteiger partial charge in [-0.3, -0.25) is 0 Å². The smallest absolute Gasteiger partial charge is 0.870 e. The fourth-order valence-electron chi connectivity index (χ4n) is 5.73. The Bertz CT molecular complexity index is 1660. The van der Waals surface area contributed by atoms with Crippen LogP contribution in [0, 0.1) is 11.8 Å². The van der Waals surface area contributed by atoms with Crippen molar-refractivity contribution >= 4 is 33.5 Å². The maximum absolute atomic E-state index is 12.6. The average Bonchev–Trinajstić information content (AvgIpc) is 3.04. The number of esters is 1. The van der Waals surface area contributed by atoms with E-state index in [9.17, 15) is 14.7 Å². The third kappa shape index (κ3) is 9.56. The molecule has 0 saturated carbocycles. The summed E-state index contributed by atoms with van der Waals surface area (Å²) in [6.07, 6.45) is 3.57. The number of hydrogen-bond acceptors (Lipinski definition) is 8. The predicted molar refractivity (Wildman–Crippen MR) is 185 cm³/mol. The Hall–Kier alpha value is -3.50. The number of fused-ring (bicyclic) bond motifs is 2. The van der Waals surface area contributed by atoms with E-state index in [0.29, 0.717) is 47.0 Å². The zero-order chi connectivity index (χ0) is 34.0. The molecule has 0 amide bonds. The van der Waals surface area contributed by atoms with E-state index in [4.69, 9.17) is 23.7 Å². The van der Waals surface area contributed by atoms with Gasteiger partial charge in [0.15, 0.2) is 0 Å². The number of carboxylic acids is 1. The summed E-state index contributed by atoms with van der Waals surface area (Å²) in [5.41, 5.74) is 2.44. The molecule has 0 saturated heterocycles. The number of carboxylic acid groups (broad SMARTS) is 1. The van der Waals surface area contributed by atoms with Gasteiger partial charge in [0, 0.05) is 21.9 Å². The minimum absolute atomic E-state index is 0. The van der Waals surface area contributed by atoms with Gasteiger partial charge in [0.2, 0.25) is 0 Å². The summed E-state index contributed by atoms with van der Waals surface area (Å²) in [5.74, 6) is 1.46. The van der Waals surface area contributed by atoms with E-state index in [1.165, 1.54) is 14.2 Å². The van der Waals surface area contributed by atoms with E-state index < -0.39 is 11.9 Å². The topological polar surface area (TPSA) is 131 Å². The molecule has 0 atom stereocenters. The molecule has 0 aromatic heterocycles. The van der Waals surface area contributed by atoms with Gasteiger partial charge in [0.25, 0.3) is 0 Å². The van der Waals surface area contributed by atoms with Crippen LogP contribution < -0.4 is 48.5 Å². The number of aryl methyl sites for hydroxylation is 2. The van der Waals surface area contributed by atoms with Crippen LogP contribution >= 0.6 is 0 Å². The van der Waals surface area contributed by atoms with E-state index in [-0.39, 0.29) is 40.6 Å². The molecular weight excluding hydrogens is 623 g/mol. The average molecular weight is 673 g/mol. The van der Waals surface area contributed by atoms with Crippen LogP contribution in [0.2, 0.25) is 0 Å². The molecule has 4 rings (SSSR count). The van der Waals surface area contributed by atoms with E-state index in [1.54, 1.807) is 21.1 Å². The first-order valence-corrected chi connectivity index (χ1v) is 15.8. The zero-order valence-electron chi connectivity index (χ0n) is 30.1. The number of carbonyl (C=O) groups is 2. The first-order chi connectivity index (χ1) is 22.1. The number of ether oxygens (including phenoxy) is 5. The van der Waals surface area contributed by atoms with Gasteiger partial charge in [-0.05, 0) is 55.2 Å². The molecule has 9 nitrogen and oxygen atoms in total. The Labute approximate surface area is 306 Å². The maximum atomic E-state index is 12.6. The fourth-order valence-corrected chi connectivity index (χ4v) is 5.73. The van der Waals surface area contributed by atoms with Crippen LogP contribution in [0.1, 0.15) is 79.3 Å². The molecule has 2 N–H and O–H groups in total. The molecule has 256 valence electrons. The van der Waals surface area contributed by atoms with Crippen molar-refractivity contribution in [3.8, 4) is 23.0 Å². The van der Waals surface area contributed by atoms with Gasteiger partial charge in [-0.1, -0.05) is 76.2 Å². The van der Waals surface area contributed by atoms with E-state index in [1.807, 2.05) is 48.5 Å². The first kappa shape index (κ1) is 42.5. The second-order valence-electron chi connectivity index (χ2n) is 11.8. The van der Waals surface area contributed by atoms with Crippen molar-refractivity contribution in [3.05, 3.63) is 70.8 Å². The monoisotopic (exact) mass is 672 g/mol. The molecule has 0 aliphatic heterocycles. The van der Waals surface area contributed by atoms with Crippen LogP contribution in [0.25, 0.3) is 21.5 Å². The Morgan fingerprint density at radius 1 is 0.625 bits per heavy atom. The molecule has 4 aromatic rings. The Morgan fingerprint density at radius 2 is 0.979 bits per heavy atom. The second kappa shape index (κ2) is 20.1. The Kier molecular flexibility index (Phi) is 17.8. The summed E-state index contributed by atoms with van der Waals surface area (Å²) in [4.78, 5) is 24.3. The minimum Gasteiger partial charge on any atom is -0.870 e. The first-order valence-electron chi connectivity index (χ1n) is 15.8. The van der Waals surface area contributed by atoms with Crippen LogP contribution in [0.3, 0.4) is 0 Å². The maximum Gasteiger partial charge on any atom is 1.00 e. The molecule has 0 radical (unpaired) electrons. The standard InChI is InChI=1S/C20H26O4.C18H22O4.Na.H2O/c1-6-24-20(21)17-18(22-4)15-10-8-7-9-14(15)16(19(17)23-5)12-11-13(2)3;1-11(2)9-10-14-12-7-5-6-8-13(12)16(21-3)15(18(19)20)17(14)22-4;;/h7-10,13H,6,11-12H2,1-5H3;5-8,11H,9-10H2,1-4H3,(H,19,20);;1H2/q;;+1;/p-1. The van der Waals surface area contributed by atoms with Gasteiger partial charge < -0.3 is 34.3 Å². The number of carbonyl (C=O) groups excluding carboxylic acids is 1. The van der Waals surface area contributed by atoms with Crippen LogP contribution in [-0.2, 0) is 17.6 Å². The quantitative estimate of drug-likeness (QED) is 0.143. The summed E-state index contributed by atoms with van der Waals surface area (Å²) in [5, 5.41) is 13.4. The molecule has 0 heterocycles. The van der Waals surface area contributed by atoms with Crippen molar-refractivity contribution in [3.63, 3.8) is 0 Å². The van der Waals surface area contributed by atoms with Gasteiger partial charge in [-0.25, -0.2) is 9.59 Å². The molecular formula is C38H49NaO9. The molecule has 0 bridgehead atoms. The largest absolute Gasteiger partial charge is 1.00 e. The number of methoxy groups -OCH3 is 4. The van der Waals surface area contributed by atoms with E-state index in [2.05, 4.69) is 27.7 Å². The van der Waals surface area contributed by atoms with Crippen LogP contribution in [-0.4, -0.2) is 57.6 Å². The number of rotatable bonds is 13. The molecule has 4 aromatic carbocycles. The van der Waals surface area contributed by atoms with Crippen molar-refractivity contribution in [1.29, 1.82) is 0 Å². The van der Waals surface area contributed by atoms with Crippen molar-refractivity contribution in [1.82, 2.24) is 0 Å². The summed E-state index contributed by atoms with van der Waals surface area (Å²) in [7, 11) is 6.15. The van der Waals surface area contributed by atoms with E-state index in [0.717, 1.165) is 58.4 Å². The van der Waals surface area contributed by atoms with Crippen molar-refractivity contribution in [2.45, 2.75) is 60.3 Å². The van der Waals surface area contributed by atoms with Gasteiger partial charge in [-0.2, -0.15) is 0 Å². The summed E-state index contributed by atoms with van der Waals surface area (Å²) < 4.78 is 27.3. The summed E-state index contributed by atoms with van der Waals surface area (Å²) >= 11 is 0. The third-order valence-corrected chi connectivity index (χ3v) is 7.90. The van der Waals surface area contributed by atoms with Crippen molar-refractivity contribution < 1.29 is 73.4 Å². The predicted octanol–water partition coefficient (Wildman–Crippen LogP) is 5.59. The molecule has 48 heavy (non-hydrogen) atoms. The van der Waals surface area contributed by atoms with Crippen molar-refractivity contribution in [2.75, 3.05) is 35.0 Å². The normalized spacial score (nSPS) is 10.5. The number of aromatic carboxylic acids is 1. The van der Waals surface area contributed by atoms with Gasteiger partial charge in [-0.15, -0.1) is 0 Å². The molecule has 0 spiro atoms. The summed E-state index contributed by atoms with van der Waals surface area (Å²) in [6, 6.07) is 15.7. The van der Waals surface area contributed by atoms with Gasteiger partial charge >= 0.3 is 41.5 Å². The van der Waals surface area contributed by atoms with Gasteiger partial charge in [0.1, 0.15) is 34.1 Å². The van der Waals surface area contributed by atoms with Crippen LogP contribution in [0.4, 0.5) is 0 Å². The van der Waals surface area contributed by atoms with Gasteiger partial charge in [0.05, 0.1) is 35.0 Å². The number of hydrogen-bond donors (Lipinski definition) is 1.